The molecule has 0 aliphatic carbocycles. The summed E-state index contributed by atoms with van der Waals surface area (Å²) in [5.74, 6) is -1.27. The van der Waals surface area contributed by atoms with Gasteiger partial charge in [0, 0.05) is 19.1 Å². The maximum Gasteiger partial charge on any atom is 0.310 e. The molecule has 1 N–H and O–H groups in total. The van der Waals surface area contributed by atoms with Gasteiger partial charge in [-0.25, -0.2) is 0 Å². The Morgan fingerprint density at radius 1 is 1.20 bits per heavy atom. The lowest BCUT2D eigenvalue weighted by molar-refractivity contribution is -0.144. The first kappa shape index (κ1) is 15.3. The number of hydrogen-bond acceptors (Lipinski definition) is 4. The quantitative estimate of drug-likeness (QED) is 0.810. The van der Waals surface area contributed by atoms with Gasteiger partial charge in [0.1, 0.15) is 0 Å². The highest BCUT2D eigenvalue weighted by Crippen LogP contribution is 2.19. The second kappa shape index (κ2) is 7.04. The van der Waals surface area contributed by atoms with E-state index in [4.69, 9.17) is 9.84 Å². The smallest absolute Gasteiger partial charge is 0.310 e. The van der Waals surface area contributed by atoms with E-state index in [1.807, 2.05) is 16.8 Å². The molecule has 2 rings (SSSR count). The van der Waals surface area contributed by atoms with Gasteiger partial charge in [0.2, 0.25) is 5.91 Å². The third kappa shape index (κ3) is 3.70. The minimum Gasteiger partial charge on any atom is -0.481 e. The van der Waals surface area contributed by atoms with Crippen LogP contribution in [0, 0.1) is 5.92 Å². The van der Waals surface area contributed by atoms with E-state index < -0.39 is 11.9 Å². The number of nitrogens with zero attached hydrogens (tertiary/aromatic N) is 2. The summed E-state index contributed by atoms with van der Waals surface area (Å²) in [5, 5.41) is 9.15. The highest BCUT2D eigenvalue weighted by molar-refractivity contribution is 5.78. The molecule has 2 heterocycles. The zero-order valence-electron chi connectivity index (χ0n) is 12.1. The van der Waals surface area contributed by atoms with Gasteiger partial charge in [-0.1, -0.05) is 12.8 Å². The Labute approximate surface area is 119 Å². The fraction of sp³-hybridized carbons (Fsp3) is 0.857. The average Bonchev–Trinajstić information content (AvgIpc) is 2.74. The largest absolute Gasteiger partial charge is 0.481 e. The maximum absolute atomic E-state index is 12.3. The Morgan fingerprint density at radius 2 is 1.85 bits per heavy atom. The van der Waals surface area contributed by atoms with Gasteiger partial charge in [-0.05, 0) is 19.9 Å². The second-order valence-corrected chi connectivity index (χ2v) is 5.76. The van der Waals surface area contributed by atoms with E-state index in [9.17, 15) is 9.59 Å². The molecule has 2 saturated heterocycles. The van der Waals surface area contributed by atoms with Crippen LogP contribution in [0.2, 0.25) is 0 Å². The molecule has 0 aromatic rings. The van der Waals surface area contributed by atoms with Crippen molar-refractivity contribution < 1.29 is 19.4 Å². The van der Waals surface area contributed by atoms with Crippen molar-refractivity contribution in [2.45, 2.75) is 31.7 Å². The van der Waals surface area contributed by atoms with Crippen LogP contribution in [0.4, 0.5) is 0 Å². The number of amides is 1. The number of aliphatic carboxylic acids is 1. The van der Waals surface area contributed by atoms with E-state index in [1.54, 1.807) is 0 Å². The van der Waals surface area contributed by atoms with Crippen LogP contribution >= 0.6 is 0 Å². The second-order valence-electron chi connectivity index (χ2n) is 5.76. The summed E-state index contributed by atoms with van der Waals surface area (Å²) in [5.41, 5.74) is 0. The van der Waals surface area contributed by atoms with E-state index in [2.05, 4.69) is 0 Å². The lowest BCUT2D eigenvalue weighted by atomic mass is 10.0. The molecule has 2 aliphatic heterocycles. The van der Waals surface area contributed by atoms with E-state index in [0.717, 1.165) is 25.9 Å². The number of carboxylic acid groups (broad SMARTS) is 1. The molecule has 0 radical (unpaired) electrons. The van der Waals surface area contributed by atoms with Crippen LogP contribution in [-0.4, -0.2) is 72.7 Å². The lowest BCUT2D eigenvalue weighted by Gasteiger charge is -2.28. The van der Waals surface area contributed by atoms with Crippen LogP contribution in [0.5, 0.6) is 0 Å². The topological polar surface area (TPSA) is 70.1 Å². The van der Waals surface area contributed by atoms with E-state index in [1.165, 1.54) is 12.8 Å². The molecule has 2 atom stereocenters. The first-order valence-electron chi connectivity index (χ1n) is 7.38. The number of carbonyl (C=O) groups is 2. The number of likely N-dealkylation sites (tertiary alicyclic amines) is 1. The highest BCUT2D eigenvalue weighted by Gasteiger charge is 2.37. The Bertz CT molecular complexity index is 353. The van der Waals surface area contributed by atoms with Crippen LogP contribution in [0.15, 0.2) is 0 Å². The average molecular weight is 284 g/mol. The Balaban J connectivity index is 1.88. The summed E-state index contributed by atoms with van der Waals surface area (Å²) in [7, 11) is 1.81. The van der Waals surface area contributed by atoms with Crippen molar-refractivity contribution in [2.24, 2.45) is 5.92 Å². The van der Waals surface area contributed by atoms with Gasteiger partial charge >= 0.3 is 5.97 Å². The standard InChI is InChI=1S/C14H24N2O4/c1-15(12-10-20-9-11(12)14(18)19)8-13(17)16-6-4-2-3-5-7-16/h11-12H,2-10H2,1H3,(H,18,19). The van der Waals surface area contributed by atoms with Crippen molar-refractivity contribution in [3.63, 3.8) is 0 Å². The third-order valence-electron chi connectivity index (χ3n) is 4.28. The van der Waals surface area contributed by atoms with Gasteiger partial charge in [-0.2, -0.15) is 0 Å². The zero-order chi connectivity index (χ0) is 14.5. The zero-order valence-corrected chi connectivity index (χ0v) is 12.1. The van der Waals surface area contributed by atoms with E-state index in [-0.39, 0.29) is 25.1 Å². The third-order valence-corrected chi connectivity index (χ3v) is 4.28. The summed E-state index contributed by atoms with van der Waals surface area (Å²) >= 11 is 0. The normalized spacial score (nSPS) is 27.6. The van der Waals surface area contributed by atoms with Gasteiger partial charge in [0.15, 0.2) is 0 Å². The highest BCUT2D eigenvalue weighted by atomic mass is 16.5. The van der Waals surface area contributed by atoms with Crippen LogP contribution in [0.25, 0.3) is 0 Å². The van der Waals surface area contributed by atoms with Crippen LogP contribution in [-0.2, 0) is 14.3 Å². The van der Waals surface area contributed by atoms with Crippen molar-refractivity contribution in [3.05, 3.63) is 0 Å². The molecular formula is C14H24N2O4. The fourth-order valence-corrected chi connectivity index (χ4v) is 2.96. The molecule has 2 fully saturated rings. The van der Waals surface area contributed by atoms with Crippen molar-refractivity contribution in [3.8, 4) is 0 Å². The minimum absolute atomic E-state index is 0.102. The molecule has 6 heteroatoms. The predicted octanol–water partition coefficient (Wildman–Crippen LogP) is 0.420. The maximum atomic E-state index is 12.3. The Kier molecular flexibility index (Phi) is 5.37. The minimum atomic E-state index is -0.846. The lowest BCUT2D eigenvalue weighted by Crippen LogP contribution is -2.47. The van der Waals surface area contributed by atoms with Gasteiger partial charge in [-0.15, -0.1) is 0 Å². The summed E-state index contributed by atoms with van der Waals surface area (Å²) in [6.45, 7) is 2.56. The van der Waals surface area contributed by atoms with Crippen LogP contribution < -0.4 is 0 Å². The number of hydrogen-bond donors (Lipinski definition) is 1. The fourth-order valence-electron chi connectivity index (χ4n) is 2.96. The molecule has 2 unspecified atom stereocenters. The number of carbonyl (C=O) groups excluding carboxylic acids is 1. The van der Waals surface area contributed by atoms with Crippen molar-refractivity contribution in [1.29, 1.82) is 0 Å². The number of carboxylic acids is 1. The monoisotopic (exact) mass is 284 g/mol. The van der Waals surface area contributed by atoms with Gasteiger partial charge in [-0.3, -0.25) is 14.5 Å². The molecule has 114 valence electrons. The summed E-state index contributed by atoms with van der Waals surface area (Å²) < 4.78 is 5.25. The first-order chi connectivity index (χ1) is 9.59. The van der Waals surface area contributed by atoms with Crippen LogP contribution in [0.1, 0.15) is 25.7 Å². The van der Waals surface area contributed by atoms with Crippen molar-refractivity contribution in [1.82, 2.24) is 9.80 Å². The Morgan fingerprint density at radius 3 is 2.45 bits per heavy atom. The van der Waals surface area contributed by atoms with Gasteiger partial charge < -0.3 is 14.7 Å². The van der Waals surface area contributed by atoms with E-state index in [0.29, 0.717) is 6.61 Å². The Hall–Kier alpha value is -1.14. The van der Waals surface area contributed by atoms with Gasteiger partial charge in [0.05, 0.1) is 25.7 Å². The predicted molar refractivity (Wildman–Crippen MR) is 73.4 cm³/mol. The van der Waals surface area contributed by atoms with Crippen molar-refractivity contribution in [2.75, 3.05) is 39.9 Å². The summed E-state index contributed by atoms with van der Waals surface area (Å²) in [4.78, 5) is 27.2. The SMILES string of the molecule is CN(CC(=O)N1CCCCCC1)C1COCC1C(=O)O. The van der Waals surface area contributed by atoms with E-state index >= 15 is 0 Å². The van der Waals surface area contributed by atoms with Crippen molar-refractivity contribution >= 4 is 11.9 Å². The molecule has 0 bridgehead atoms. The summed E-state index contributed by atoms with van der Waals surface area (Å²) in [6, 6.07) is -0.205. The molecule has 6 nitrogen and oxygen atoms in total. The summed E-state index contributed by atoms with van der Waals surface area (Å²) in [6.07, 6.45) is 4.52. The molecule has 0 saturated carbocycles. The first-order valence-corrected chi connectivity index (χ1v) is 7.38. The molecule has 1 amide bonds. The molecule has 20 heavy (non-hydrogen) atoms. The molecule has 0 aromatic heterocycles. The number of likely N-dealkylation sites (N-methyl/N-ethyl adjacent to an activating group) is 1. The molecule has 0 spiro atoms. The number of rotatable bonds is 4. The number of ether oxygens (including phenoxy) is 1. The van der Waals surface area contributed by atoms with Crippen LogP contribution in [0.3, 0.4) is 0 Å². The molecule has 0 aromatic carbocycles. The van der Waals surface area contributed by atoms with Gasteiger partial charge in [0.25, 0.3) is 0 Å². The molecule has 2 aliphatic rings. The molecular weight excluding hydrogens is 260 g/mol.